The predicted octanol–water partition coefficient (Wildman–Crippen LogP) is 1.17. The largest absolute Gasteiger partial charge is 0.459 e. The summed E-state index contributed by atoms with van der Waals surface area (Å²) in [4.78, 5) is 13.5. The summed E-state index contributed by atoms with van der Waals surface area (Å²) in [6.45, 7) is 4.34. The minimum absolute atomic E-state index is 0.0445. The van der Waals surface area contributed by atoms with Gasteiger partial charge in [-0.1, -0.05) is 13.0 Å². The average Bonchev–Trinajstić information content (AvgIpc) is 3.46. The number of quaternary nitrogens is 1. The number of carbonyl (C=O) groups excluding carboxylic acids is 1. The van der Waals surface area contributed by atoms with Crippen LogP contribution in [-0.4, -0.2) is 36.0 Å². The number of nitrogens with zero attached hydrogens (tertiary/aromatic N) is 2. The second-order valence-electron chi connectivity index (χ2n) is 6.80. The molecule has 0 saturated carbocycles. The zero-order chi connectivity index (χ0) is 20.1. The number of amides is 1. The van der Waals surface area contributed by atoms with Crippen LogP contribution in [-0.2, 0) is 17.9 Å². The first kappa shape index (κ1) is 19.0. The molecule has 1 aliphatic heterocycles. The Labute approximate surface area is 167 Å². The predicted molar refractivity (Wildman–Crippen MR) is 101 cm³/mol. The molecule has 152 valence electrons. The fraction of sp³-hybridized carbons (Fsp3) is 0.350. The van der Waals surface area contributed by atoms with Crippen LogP contribution in [0.15, 0.2) is 45.4 Å². The lowest BCUT2D eigenvalue weighted by Gasteiger charge is -2.16. The minimum Gasteiger partial charge on any atom is -0.459 e. The summed E-state index contributed by atoms with van der Waals surface area (Å²) in [7, 11) is 0. The van der Waals surface area contributed by atoms with Gasteiger partial charge in [0.05, 0.1) is 12.8 Å². The monoisotopic (exact) mass is 399 g/mol. The number of aromatic nitrogens is 2. The number of furan rings is 1. The van der Waals surface area contributed by atoms with Crippen LogP contribution < -0.4 is 19.7 Å². The summed E-state index contributed by atoms with van der Waals surface area (Å²) < 4.78 is 21.6. The lowest BCUT2D eigenvalue weighted by Crippen LogP contribution is -3.12. The number of ether oxygens (including phenoxy) is 2. The van der Waals surface area contributed by atoms with Crippen molar-refractivity contribution in [2.45, 2.75) is 26.4 Å². The fourth-order valence-electron chi connectivity index (χ4n) is 3.17. The normalized spacial score (nSPS) is 13.4. The molecule has 1 unspecified atom stereocenters. The van der Waals surface area contributed by atoms with Crippen LogP contribution in [0.5, 0.6) is 11.5 Å². The standard InChI is InChI=1S/C20H22N4O5/c1-2-7-24(12-19-22-23-20(29-19)16-4-3-8-26-16)11-18(25)21-10-14-5-6-15-17(9-14)28-13-27-15/h3-6,8-9H,2,7,10-13H2,1H3,(H,21,25)/p+1. The Morgan fingerprint density at radius 3 is 2.93 bits per heavy atom. The number of carbonyl (C=O) groups is 1. The van der Waals surface area contributed by atoms with Gasteiger partial charge in [0, 0.05) is 6.54 Å². The van der Waals surface area contributed by atoms with Crippen molar-refractivity contribution in [3.63, 3.8) is 0 Å². The Kier molecular flexibility index (Phi) is 5.76. The van der Waals surface area contributed by atoms with E-state index in [4.69, 9.17) is 18.3 Å². The Bertz CT molecular complexity index is 954. The molecule has 0 radical (unpaired) electrons. The Balaban J connectivity index is 1.31. The molecule has 2 N–H and O–H groups in total. The second-order valence-corrected chi connectivity index (χ2v) is 6.80. The summed E-state index contributed by atoms with van der Waals surface area (Å²) >= 11 is 0. The Hall–Kier alpha value is -3.33. The summed E-state index contributed by atoms with van der Waals surface area (Å²) in [6, 6.07) is 9.17. The molecule has 9 nitrogen and oxygen atoms in total. The van der Waals surface area contributed by atoms with E-state index in [2.05, 4.69) is 22.4 Å². The quantitative estimate of drug-likeness (QED) is 0.557. The van der Waals surface area contributed by atoms with Gasteiger partial charge in [-0.05, 0) is 36.2 Å². The van der Waals surface area contributed by atoms with E-state index in [1.54, 1.807) is 18.4 Å². The zero-order valence-electron chi connectivity index (χ0n) is 16.1. The van der Waals surface area contributed by atoms with E-state index >= 15 is 0 Å². The van der Waals surface area contributed by atoms with Gasteiger partial charge in [0.1, 0.15) is 0 Å². The van der Waals surface area contributed by atoms with Crippen LogP contribution in [0.25, 0.3) is 11.7 Å². The molecule has 0 saturated heterocycles. The molecule has 1 amide bonds. The molecule has 29 heavy (non-hydrogen) atoms. The topological polar surface area (TPSA) is 104 Å². The third-order valence-electron chi connectivity index (χ3n) is 4.54. The maximum Gasteiger partial charge on any atom is 0.283 e. The van der Waals surface area contributed by atoms with Crippen LogP contribution in [0.4, 0.5) is 0 Å². The van der Waals surface area contributed by atoms with Gasteiger partial charge in [0.15, 0.2) is 30.3 Å². The number of hydrogen-bond donors (Lipinski definition) is 2. The third-order valence-corrected chi connectivity index (χ3v) is 4.54. The van der Waals surface area contributed by atoms with Crippen LogP contribution in [0.3, 0.4) is 0 Å². The average molecular weight is 399 g/mol. The zero-order valence-corrected chi connectivity index (χ0v) is 16.1. The van der Waals surface area contributed by atoms with E-state index in [0.717, 1.165) is 29.2 Å². The van der Waals surface area contributed by atoms with E-state index in [1.807, 2.05) is 18.2 Å². The van der Waals surface area contributed by atoms with Crippen molar-refractivity contribution in [2.24, 2.45) is 0 Å². The smallest absolute Gasteiger partial charge is 0.283 e. The molecular weight excluding hydrogens is 376 g/mol. The Morgan fingerprint density at radius 2 is 2.10 bits per heavy atom. The molecule has 2 aromatic heterocycles. The maximum atomic E-state index is 12.4. The van der Waals surface area contributed by atoms with Crippen LogP contribution in [0.1, 0.15) is 24.8 Å². The Morgan fingerprint density at radius 1 is 1.21 bits per heavy atom. The number of benzene rings is 1. The first-order valence-corrected chi connectivity index (χ1v) is 9.56. The first-order valence-electron chi connectivity index (χ1n) is 9.56. The number of fused-ring (bicyclic) bond motifs is 1. The molecule has 0 fully saturated rings. The summed E-state index contributed by atoms with van der Waals surface area (Å²) in [5, 5.41) is 11.0. The lowest BCUT2D eigenvalue weighted by atomic mass is 10.2. The number of rotatable bonds is 9. The fourth-order valence-corrected chi connectivity index (χ4v) is 3.17. The first-order chi connectivity index (χ1) is 14.2. The van der Waals surface area contributed by atoms with Crippen molar-refractivity contribution in [1.29, 1.82) is 0 Å². The van der Waals surface area contributed by atoms with Gasteiger partial charge >= 0.3 is 0 Å². The van der Waals surface area contributed by atoms with Crippen molar-refractivity contribution in [1.82, 2.24) is 15.5 Å². The molecule has 1 atom stereocenters. The van der Waals surface area contributed by atoms with Gasteiger partial charge in [0.2, 0.25) is 6.79 Å². The highest BCUT2D eigenvalue weighted by Gasteiger charge is 2.19. The number of hydrogen-bond acceptors (Lipinski definition) is 7. The van der Waals surface area contributed by atoms with Gasteiger partial charge in [-0.3, -0.25) is 4.79 Å². The highest BCUT2D eigenvalue weighted by molar-refractivity contribution is 5.76. The lowest BCUT2D eigenvalue weighted by molar-refractivity contribution is -0.907. The molecular formula is C20H23N4O5+. The van der Waals surface area contributed by atoms with Crippen LogP contribution >= 0.6 is 0 Å². The van der Waals surface area contributed by atoms with Gasteiger partial charge in [0.25, 0.3) is 17.7 Å². The van der Waals surface area contributed by atoms with Gasteiger partial charge in [-0.25, -0.2) is 0 Å². The van der Waals surface area contributed by atoms with E-state index in [0.29, 0.717) is 42.9 Å². The highest BCUT2D eigenvalue weighted by Crippen LogP contribution is 2.32. The molecule has 3 heterocycles. The van der Waals surface area contributed by atoms with E-state index in [9.17, 15) is 4.79 Å². The van der Waals surface area contributed by atoms with E-state index in [1.165, 1.54) is 0 Å². The van der Waals surface area contributed by atoms with E-state index in [-0.39, 0.29) is 12.7 Å². The minimum atomic E-state index is -0.0445. The van der Waals surface area contributed by atoms with Gasteiger partial charge < -0.3 is 28.5 Å². The molecule has 0 bridgehead atoms. The molecule has 0 aliphatic carbocycles. The van der Waals surface area contributed by atoms with Crippen molar-refractivity contribution in [3.8, 4) is 23.1 Å². The van der Waals surface area contributed by atoms with Crippen molar-refractivity contribution in [3.05, 3.63) is 48.0 Å². The number of nitrogens with one attached hydrogen (secondary N) is 2. The van der Waals surface area contributed by atoms with Crippen LogP contribution in [0.2, 0.25) is 0 Å². The highest BCUT2D eigenvalue weighted by atomic mass is 16.7. The molecule has 1 aromatic carbocycles. The second kappa shape index (κ2) is 8.78. The van der Waals surface area contributed by atoms with Gasteiger partial charge in [-0.2, -0.15) is 0 Å². The van der Waals surface area contributed by atoms with E-state index < -0.39 is 0 Å². The summed E-state index contributed by atoms with van der Waals surface area (Å²) in [6.07, 6.45) is 2.49. The van der Waals surface area contributed by atoms with Crippen molar-refractivity contribution < 1.29 is 28.0 Å². The molecule has 1 aliphatic rings. The van der Waals surface area contributed by atoms with Crippen LogP contribution in [0, 0.1) is 0 Å². The third kappa shape index (κ3) is 4.75. The maximum absolute atomic E-state index is 12.4. The molecule has 4 rings (SSSR count). The summed E-state index contributed by atoms with van der Waals surface area (Å²) in [5.74, 6) is 2.74. The molecule has 0 spiro atoms. The van der Waals surface area contributed by atoms with Crippen molar-refractivity contribution >= 4 is 5.91 Å². The SMILES string of the molecule is CCC[NH+](CC(=O)NCc1ccc2c(c1)OCO2)Cc1nnc(-c2ccco2)o1. The molecule has 9 heteroatoms. The van der Waals surface area contributed by atoms with Gasteiger partial charge in [-0.15, -0.1) is 10.2 Å². The molecule has 3 aromatic rings. The summed E-state index contributed by atoms with van der Waals surface area (Å²) in [5.41, 5.74) is 0.958. The van der Waals surface area contributed by atoms with Crippen molar-refractivity contribution in [2.75, 3.05) is 19.9 Å².